The molecule has 0 spiro atoms. The van der Waals surface area contributed by atoms with Crippen LogP contribution in [0.5, 0.6) is 11.5 Å². The summed E-state index contributed by atoms with van der Waals surface area (Å²) in [6.45, 7) is 2.14. The van der Waals surface area contributed by atoms with E-state index >= 15 is 0 Å². The Hall–Kier alpha value is -5.55. The number of allylic oxidation sites excluding steroid dienone is 4. The maximum Gasteiger partial charge on any atom is 0.253 e. The normalized spacial score (nSPS) is 14.1. The topological polar surface area (TPSA) is 69.8 Å². The van der Waals surface area contributed by atoms with Gasteiger partial charge in [-0.25, -0.2) is 13.2 Å². The minimum Gasteiger partial charge on any atom is -0.493 e. The minimum absolute atomic E-state index is 0.0513. The molecular formula is C39H35F3N4O3S. The number of hydrogen-bond acceptors (Lipinski definition) is 5. The molecule has 0 saturated carbocycles. The third kappa shape index (κ3) is 7.68. The fourth-order valence-electron chi connectivity index (χ4n) is 5.93. The number of anilines is 3. The van der Waals surface area contributed by atoms with Gasteiger partial charge >= 0.3 is 0 Å². The maximum atomic E-state index is 14.5. The standard InChI is InChI=1S/C39H35F3N4O3S/c1-24-7-10-30(42)20-34(24)25-8-9-26-17-27(38(47)44-35(26)18-25)22-45(39(50)43-31-13-16-36(48-2)37(21-31)49-3)23-46(32-14-11-28(40)12-15-32)33-6-4-5-29(41)19-33/h4-6,8-21,24H,7,22-23H2,1-3H3,(H,43,50)(H,44,47). The zero-order valence-electron chi connectivity index (χ0n) is 27.7. The van der Waals surface area contributed by atoms with Crippen LogP contribution < -0.4 is 25.2 Å². The Balaban J connectivity index is 1.38. The first-order chi connectivity index (χ1) is 24.1. The first-order valence-corrected chi connectivity index (χ1v) is 16.3. The lowest BCUT2D eigenvalue weighted by Gasteiger charge is -2.34. The summed E-state index contributed by atoms with van der Waals surface area (Å²) in [6, 6.07) is 24.6. The predicted molar refractivity (Wildman–Crippen MR) is 197 cm³/mol. The number of thiocarbonyl (C=S) groups is 1. The van der Waals surface area contributed by atoms with Gasteiger partial charge in [-0.05, 0) is 120 Å². The second-order valence-corrected chi connectivity index (χ2v) is 12.4. The zero-order chi connectivity index (χ0) is 35.4. The highest BCUT2D eigenvalue weighted by molar-refractivity contribution is 7.80. The molecule has 0 fully saturated rings. The van der Waals surface area contributed by atoms with Crippen molar-refractivity contribution in [3.05, 3.63) is 142 Å². The van der Waals surface area contributed by atoms with E-state index in [1.807, 2.05) is 25.1 Å². The second kappa shape index (κ2) is 14.9. The van der Waals surface area contributed by atoms with Crippen molar-refractivity contribution in [2.24, 2.45) is 5.92 Å². The van der Waals surface area contributed by atoms with Crippen molar-refractivity contribution < 1.29 is 22.6 Å². The van der Waals surface area contributed by atoms with E-state index in [0.29, 0.717) is 46.1 Å². The van der Waals surface area contributed by atoms with E-state index in [1.54, 1.807) is 71.5 Å². The van der Waals surface area contributed by atoms with Crippen LogP contribution in [0.2, 0.25) is 0 Å². The number of fused-ring (bicyclic) bond motifs is 1. The van der Waals surface area contributed by atoms with Gasteiger partial charge in [-0.2, -0.15) is 0 Å². The SMILES string of the molecule is COc1ccc(NC(=S)N(Cc2cc3ccc(C4=CC(F)=CCC4C)cc3[nH]c2=O)CN(c2ccc(F)cc2)c2cccc(F)c2)cc1OC. The van der Waals surface area contributed by atoms with Crippen LogP contribution in [0.1, 0.15) is 24.5 Å². The highest BCUT2D eigenvalue weighted by atomic mass is 32.1. The molecule has 1 atom stereocenters. The summed E-state index contributed by atoms with van der Waals surface area (Å²) in [5.41, 5.74) is 4.08. The van der Waals surface area contributed by atoms with E-state index in [1.165, 1.54) is 37.5 Å². The second-order valence-electron chi connectivity index (χ2n) is 12.0. The van der Waals surface area contributed by atoms with Crippen molar-refractivity contribution >= 4 is 50.9 Å². The van der Waals surface area contributed by atoms with Crippen molar-refractivity contribution in [2.75, 3.05) is 31.1 Å². The lowest BCUT2D eigenvalue weighted by Crippen LogP contribution is -2.42. The number of ether oxygens (including phenoxy) is 2. The monoisotopic (exact) mass is 696 g/mol. The van der Waals surface area contributed by atoms with E-state index in [0.717, 1.165) is 16.5 Å². The molecule has 6 rings (SSSR count). The van der Waals surface area contributed by atoms with Crippen LogP contribution in [0.3, 0.4) is 0 Å². The Bertz CT molecular complexity index is 2170. The third-order valence-electron chi connectivity index (χ3n) is 8.60. The number of halogens is 3. The van der Waals surface area contributed by atoms with E-state index in [4.69, 9.17) is 21.7 Å². The zero-order valence-corrected chi connectivity index (χ0v) is 28.5. The average molecular weight is 697 g/mol. The Morgan fingerprint density at radius 3 is 2.42 bits per heavy atom. The van der Waals surface area contributed by atoms with Crippen LogP contribution in [-0.4, -0.2) is 35.9 Å². The van der Waals surface area contributed by atoms with Crippen molar-refractivity contribution in [3.8, 4) is 11.5 Å². The first kappa shape index (κ1) is 34.3. The van der Waals surface area contributed by atoms with Gasteiger partial charge in [-0.1, -0.05) is 25.1 Å². The number of rotatable bonds is 10. The fraction of sp³-hybridized carbons (Fsp3) is 0.179. The van der Waals surface area contributed by atoms with Gasteiger partial charge < -0.3 is 29.6 Å². The Labute approximate surface area is 293 Å². The number of benzene rings is 4. The number of methoxy groups -OCH3 is 2. The molecule has 4 aromatic carbocycles. The van der Waals surface area contributed by atoms with Gasteiger partial charge in [0.1, 0.15) is 17.5 Å². The van der Waals surface area contributed by atoms with Crippen LogP contribution in [-0.2, 0) is 6.54 Å². The van der Waals surface area contributed by atoms with Gasteiger partial charge in [0, 0.05) is 34.2 Å². The molecule has 0 saturated heterocycles. The van der Waals surface area contributed by atoms with Crippen molar-refractivity contribution in [2.45, 2.75) is 19.9 Å². The summed E-state index contributed by atoms with van der Waals surface area (Å²) in [4.78, 5) is 20.2. The minimum atomic E-state index is -0.449. The van der Waals surface area contributed by atoms with Crippen LogP contribution in [0, 0.1) is 17.6 Å². The number of aromatic amines is 1. The summed E-state index contributed by atoms with van der Waals surface area (Å²) in [5, 5.41) is 4.27. The number of H-pyrrole nitrogens is 1. The number of pyridine rings is 1. The fourth-order valence-corrected chi connectivity index (χ4v) is 6.17. The lowest BCUT2D eigenvalue weighted by molar-refractivity contribution is 0.355. The number of nitrogens with one attached hydrogen (secondary N) is 2. The van der Waals surface area contributed by atoms with Crippen LogP contribution in [0.15, 0.2) is 114 Å². The largest absolute Gasteiger partial charge is 0.493 e. The highest BCUT2D eigenvalue weighted by Gasteiger charge is 2.21. The Morgan fingerprint density at radius 2 is 1.68 bits per heavy atom. The molecule has 5 aromatic rings. The summed E-state index contributed by atoms with van der Waals surface area (Å²) in [7, 11) is 3.07. The summed E-state index contributed by atoms with van der Waals surface area (Å²) in [6.07, 6.45) is 3.71. The molecular weight excluding hydrogens is 662 g/mol. The van der Waals surface area contributed by atoms with Gasteiger partial charge in [-0.3, -0.25) is 4.79 Å². The summed E-state index contributed by atoms with van der Waals surface area (Å²) < 4.78 is 53.5. The van der Waals surface area contributed by atoms with E-state index in [-0.39, 0.29) is 35.6 Å². The van der Waals surface area contributed by atoms with Crippen LogP contribution in [0.4, 0.5) is 30.2 Å². The average Bonchev–Trinajstić information content (AvgIpc) is 3.11. The maximum absolute atomic E-state index is 14.5. The van der Waals surface area contributed by atoms with Gasteiger partial charge in [-0.15, -0.1) is 0 Å². The molecule has 1 aromatic heterocycles. The molecule has 0 bridgehead atoms. The van der Waals surface area contributed by atoms with E-state index in [2.05, 4.69) is 10.3 Å². The van der Waals surface area contributed by atoms with Crippen LogP contribution >= 0.6 is 12.2 Å². The Kier molecular flexibility index (Phi) is 10.2. The van der Waals surface area contributed by atoms with Gasteiger partial charge in [0.05, 0.1) is 27.4 Å². The molecule has 50 heavy (non-hydrogen) atoms. The van der Waals surface area contributed by atoms with E-state index < -0.39 is 11.6 Å². The molecule has 0 amide bonds. The number of aromatic nitrogens is 1. The molecule has 0 aliphatic heterocycles. The van der Waals surface area contributed by atoms with Gasteiger partial charge in [0.2, 0.25) is 0 Å². The van der Waals surface area contributed by atoms with Crippen molar-refractivity contribution in [1.29, 1.82) is 0 Å². The third-order valence-corrected chi connectivity index (χ3v) is 8.96. The van der Waals surface area contributed by atoms with Gasteiger partial charge in [0.15, 0.2) is 16.6 Å². The molecule has 11 heteroatoms. The Morgan fingerprint density at radius 1 is 0.900 bits per heavy atom. The van der Waals surface area contributed by atoms with E-state index in [9.17, 15) is 18.0 Å². The van der Waals surface area contributed by atoms with Crippen LogP contribution in [0.25, 0.3) is 16.5 Å². The summed E-state index contributed by atoms with van der Waals surface area (Å²) in [5.74, 6) is 0.0190. The quantitative estimate of drug-likeness (QED) is 0.112. The van der Waals surface area contributed by atoms with Crippen molar-refractivity contribution in [3.63, 3.8) is 0 Å². The molecule has 0 radical (unpaired) electrons. The molecule has 256 valence electrons. The van der Waals surface area contributed by atoms with Crippen molar-refractivity contribution in [1.82, 2.24) is 9.88 Å². The molecule has 2 N–H and O–H groups in total. The molecule has 1 heterocycles. The first-order valence-electron chi connectivity index (χ1n) is 15.9. The predicted octanol–water partition coefficient (Wildman–Crippen LogP) is 9.09. The lowest BCUT2D eigenvalue weighted by atomic mass is 9.87. The summed E-state index contributed by atoms with van der Waals surface area (Å²) >= 11 is 5.94. The molecule has 1 aliphatic carbocycles. The molecule has 1 unspecified atom stereocenters. The highest BCUT2D eigenvalue weighted by Crippen LogP contribution is 2.34. The molecule has 1 aliphatic rings. The number of nitrogens with zero attached hydrogens (tertiary/aromatic N) is 2. The number of hydrogen-bond donors (Lipinski definition) is 2. The smallest absolute Gasteiger partial charge is 0.253 e. The molecule has 7 nitrogen and oxygen atoms in total. The van der Waals surface area contributed by atoms with Gasteiger partial charge in [0.25, 0.3) is 5.56 Å².